The predicted octanol–water partition coefficient (Wildman–Crippen LogP) is 3.74. The van der Waals surface area contributed by atoms with Crippen molar-refractivity contribution in [2.45, 2.75) is 58.1 Å². The first-order valence-corrected chi connectivity index (χ1v) is 10.3. The van der Waals surface area contributed by atoms with Crippen LogP contribution in [0.5, 0.6) is 0 Å². The van der Waals surface area contributed by atoms with Gasteiger partial charge in [-0.05, 0) is 45.7 Å². The fourth-order valence-corrected chi connectivity index (χ4v) is 3.38. The molecule has 4 rings (SSSR count). The monoisotopic (exact) mass is 423 g/mol. The summed E-state index contributed by atoms with van der Waals surface area (Å²) in [5.41, 5.74) is 1.44. The van der Waals surface area contributed by atoms with Crippen LogP contribution in [0.15, 0.2) is 30.7 Å². The van der Waals surface area contributed by atoms with E-state index in [9.17, 15) is 9.59 Å². The van der Waals surface area contributed by atoms with Crippen molar-refractivity contribution in [1.29, 1.82) is 0 Å². The number of nitrogens with zero attached hydrogens (tertiary/aromatic N) is 5. The van der Waals surface area contributed by atoms with Gasteiger partial charge in [-0.25, -0.2) is 19.6 Å². The minimum atomic E-state index is -0.622. The molecule has 0 bridgehead atoms. The summed E-state index contributed by atoms with van der Waals surface area (Å²) >= 11 is 0. The van der Waals surface area contributed by atoms with Crippen LogP contribution in [-0.2, 0) is 4.74 Å². The Hall–Kier alpha value is -3.56. The van der Waals surface area contributed by atoms with Gasteiger partial charge in [0.05, 0.1) is 18.1 Å². The van der Waals surface area contributed by atoms with Gasteiger partial charge >= 0.3 is 12.1 Å². The van der Waals surface area contributed by atoms with Crippen LogP contribution in [0.2, 0.25) is 0 Å². The van der Waals surface area contributed by atoms with Crippen molar-refractivity contribution in [3.8, 4) is 11.3 Å². The first kappa shape index (κ1) is 20.7. The molecule has 0 unspecified atom stereocenters. The van der Waals surface area contributed by atoms with Gasteiger partial charge in [-0.3, -0.25) is 10.3 Å². The number of pyridine rings is 1. The van der Waals surface area contributed by atoms with Crippen LogP contribution in [0, 0.1) is 0 Å². The molecule has 0 saturated heterocycles. The van der Waals surface area contributed by atoms with E-state index < -0.39 is 11.7 Å². The standard InChI is InChI=1S/C21H25N7O3/c1-21(2,3)31-20(30)28-12-13(10-23-28)16-11-22-15-8-9-17(26-18(15)25-16)27-19(29)24-14-6-4-5-7-14/h8-12,14H,4-7H2,1-3H3,(H2,24,25,26,27,29). The Bertz CT molecular complexity index is 1110. The van der Waals surface area contributed by atoms with Crippen molar-refractivity contribution in [2.24, 2.45) is 0 Å². The van der Waals surface area contributed by atoms with Crippen molar-refractivity contribution in [1.82, 2.24) is 30.0 Å². The minimum Gasteiger partial charge on any atom is -0.442 e. The minimum absolute atomic E-state index is 0.216. The van der Waals surface area contributed by atoms with Gasteiger partial charge in [0.1, 0.15) is 16.9 Å². The first-order valence-electron chi connectivity index (χ1n) is 10.3. The Labute approximate surface area is 179 Å². The van der Waals surface area contributed by atoms with Gasteiger partial charge in [0.2, 0.25) is 0 Å². The number of hydrogen-bond donors (Lipinski definition) is 2. The van der Waals surface area contributed by atoms with Crippen molar-refractivity contribution < 1.29 is 14.3 Å². The lowest BCUT2D eigenvalue weighted by Gasteiger charge is -2.18. The maximum atomic E-state index is 12.2. The van der Waals surface area contributed by atoms with Gasteiger partial charge in [-0.1, -0.05) is 12.8 Å². The molecule has 10 heteroatoms. The highest BCUT2D eigenvalue weighted by Crippen LogP contribution is 2.20. The molecule has 0 aromatic carbocycles. The number of hydrogen-bond acceptors (Lipinski definition) is 7. The molecule has 3 heterocycles. The first-order chi connectivity index (χ1) is 14.8. The van der Waals surface area contributed by atoms with E-state index in [1.165, 1.54) is 12.4 Å². The van der Waals surface area contributed by atoms with Crippen LogP contribution in [0.4, 0.5) is 15.4 Å². The lowest BCUT2D eigenvalue weighted by atomic mass is 10.2. The second-order valence-electron chi connectivity index (χ2n) is 8.53. The molecule has 0 spiro atoms. The van der Waals surface area contributed by atoms with Gasteiger partial charge in [0, 0.05) is 17.8 Å². The second-order valence-corrected chi connectivity index (χ2v) is 8.53. The van der Waals surface area contributed by atoms with E-state index >= 15 is 0 Å². The molecular weight excluding hydrogens is 398 g/mol. The van der Waals surface area contributed by atoms with E-state index in [0.717, 1.165) is 30.4 Å². The summed E-state index contributed by atoms with van der Waals surface area (Å²) in [6, 6.07) is 3.37. The maximum absolute atomic E-state index is 12.2. The molecule has 31 heavy (non-hydrogen) atoms. The summed E-state index contributed by atoms with van der Waals surface area (Å²) in [4.78, 5) is 37.7. The van der Waals surface area contributed by atoms with Crippen LogP contribution in [0.3, 0.4) is 0 Å². The van der Waals surface area contributed by atoms with E-state index in [-0.39, 0.29) is 12.1 Å². The third-order valence-electron chi connectivity index (χ3n) is 4.80. The van der Waals surface area contributed by atoms with Gasteiger partial charge in [-0.2, -0.15) is 9.78 Å². The van der Waals surface area contributed by atoms with Crippen LogP contribution in [0.1, 0.15) is 46.5 Å². The average Bonchev–Trinajstić information content (AvgIpc) is 3.38. The van der Waals surface area contributed by atoms with E-state index in [0.29, 0.717) is 28.2 Å². The van der Waals surface area contributed by atoms with Crippen LogP contribution in [0.25, 0.3) is 22.4 Å². The summed E-state index contributed by atoms with van der Waals surface area (Å²) in [7, 11) is 0. The van der Waals surface area contributed by atoms with E-state index in [4.69, 9.17) is 4.74 Å². The van der Waals surface area contributed by atoms with E-state index in [2.05, 4.69) is 30.7 Å². The van der Waals surface area contributed by atoms with Crippen molar-refractivity contribution >= 4 is 29.1 Å². The number of carbonyl (C=O) groups excluding carboxylic acids is 2. The average molecular weight is 423 g/mol. The van der Waals surface area contributed by atoms with Gasteiger partial charge in [0.15, 0.2) is 5.65 Å². The summed E-state index contributed by atoms with van der Waals surface area (Å²) in [6.07, 6.45) is 8.34. The summed E-state index contributed by atoms with van der Waals surface area (Å²) < 4.78 is 6.43. The smallest absolute Gasteiger partial charge is 0.435 e. The zero-order chi connectivity index (χ0) is 22.0. The topological polar surface area (TPSA) is 124 Å². The largest absolute Gasteiger partial charge is 0.442 e. The Morgan fingerprint density at radius 2 is 1.90 bits per heavy atom. The number of rotatable bonds is 3. The normalized spacial score (nSPS) is 14.5. The van der Waals surface area contributed by atoms with Crippen molar-refractivity contribution in [3.63, 3.8) is 0 Å². The number of aromatic nitrogens is 5. The lowest BCUT2D eigenvalue weighted by molar-refractivity contribution is 0.0514. The molecule has 0 radical (unpaired) electrons. The molecule has 1 aliphatic rings. The molecule has 1 saturated carbocycles. The lowest BCUT2D eigenvalue weighted by Crippen LogP contribution is -2.36. The van der Waals surface area contributed by atoms with Crippen LogP contribution in [-0.4, -0.2) is 48.5 Å². The molecule has 3 aromatic rings. The van der Waals surface area contributed by atoms with Crippen LogP contribution < -0.4 is 10.6 Å². The van der Waals surface area contributed by atoms with Crippen molar-refractivity contribution in [3.05, 3.63) is 30.7 Å². The molecule has 1 fully saturated rings. The third-order valence-corrected chi connectivity index (χ3v) is 4.80. The number of fused-ring (bicyclic) bond motifs is 1. The number of nitrogens with one attached hydrogen (secondary N) is 2. The molecule has 1 aliphatic carbocycles. The highest BCUT2D eigenvalue weighted by molar-refractivity contribution is 5.89. The second kappa shape index (κ2) is 8.29. The molecular formula is C21H25N7O3. The zero-order valence-corrected chi connectivity index (χ0v) is 17.8. The SMILES string of the molecule is CC(C)(C)OC(=O)n1cc(-c2cnc3ccc(NC(=O)NC4CCCC4)nc3n2)cn1. The van der Waals surface area contributed by atoms with Crippen molar-refractivity contribution in [2.75, 3.05) is 5.32 Å². The third kappa shape index (κ3) is 5.14. The summed E-state index contributed by atoms with van der Waals surface area (Å²) in [5.74, 6) is 0.388. The molecule has 2 amide bonds. The number of carbonyl (C=O) groups is 2. The predicted molar refractivity (Wildman–Crippen MR) is 115 cm³/mol. The highest BCUT2D eigenvalue weighted by Gasteiger charge is 2.20. The Kier molecular flexibility index (Phi) is 5.53. The number of amides is 2. The maximum Gasteiger partial charge on any atom is 0.435 e. The number of urea groups is 1. The molecule has 162 valence electrons. The van der Waals surface area contributed by atoms with Gasteiger partial charge in [-0.15, -0.1) is 0 Å². The molecule has 0 aliphatic heterocycles. The van der Waals surface area contributed by atoms with E-state index in [1.807, 2.05) is 0 Å². The number of ether oxygens (including phenoxy) is 1. The van der Waals surface area contributed by atoms with Gasteiger partial charge < -0.3 is 10.1 Å². The zero-order valence-electron chi connectivity index (χ0n) is 17.8. The fraction of sp³-hybridized carbons (Fsp3) is 0.429. The fourth-order valence-electron chi connectivity index (χ4n) is 3.38. The molecule has 0 atom stereocenters. The molecule has 3 aromatic heterocycles. The number of anilines is 1. The quantitative estimate of drug-likeness (QED) is 0.657. The van der Waals surface area contributed by atoms with E-state index in [1.54, 1.807) is 39.1 Å². The Morgan fingerprint density at radius 1 is 1.13 bits per heavy atom. The van der Waals surface area contributed by atoms with Crippen LogP contribution >= 0.6 is 0 Å². The van der Waals surface area contributed by atoms with Gasteiger partial charge in [0.25, 0.3) is 0 Å². The highest BCUT2D eigenvalue weighted by atomic mass is 16.6. The molecule has 10 nitrogen and oxygen atoms in total. The summed E-state index contributed by atoms with van der Waals surface area (Å²) in [5, 5.41) is 9.77. The Balaban J connectivity index is 1.51. The summed E-state index contributed by atoms with van der Waals surface area (Å²) in [6.45, 7) is 5.36. The molecule has 2 N–H and O–H groups in total. The Morgan fingerprint density at radius 3 is 2.65 bits per heavy atom.